The van der Waals surface area contributed by atoms with Crippen molar-refractivity contribution in [1.82, 2.24) is 10.2 Å². The van der Waals surface area contributed by atoms with Crippen LogP contribution in [0.15, 0.2) is 0 Å². The minimum atomic E-state index is 0.690. The molecule has 0 amide bonds. The molecule has 2 nitrogen and oxygen atoms in total. The Labute approximate surface area is 83.7 Å². The van der Waals surface area contributed by atoms with E-state index in [1.54, 1.807) is 0 Å². The van der Waals surface area contributed by atoms with Gasteiger partial charge in [-0.25, -0.2) is 0 Å². The normalized spacial score (nSPS) is 14.1. The van der Waals surface area contributed by atoms with Gasteiger partial charge in [-0.1, -0.05) is 20.8 Å². The van der Waals surface area contributed by atoms with Gasteiger partial charge < -0.3 is 5.32 Å². The lowest BCUT2D eigenvalue weighted by molar-refractivity contribution is 0.158. The van der Waals surface area contributed by atoms with Gasteiger partial charge in [0.1, 0.15) is 0 Å². The molecular formula is C11H26N2. The largest absolute Gasteiger partial charge is 0.318 e. The lowest BCUT2D eigenvalue weighted by Gasteiger charge is -2.33. The van der Waals surface area contributed by atoms with E-state index in [-0.39, 0.29) is 0 Å². The predicted octanol–water partition coefficient (Wildman–Crippen LogP) is 2.10. The smallest absolute Gasteiger partial charge is 0.0217 e. The van der Waals surface area contributed by atoms with Crippen molar-refractivity contribution in [3.05, 3.63) is 0 Å². The van der Waals surface area contributed by atoms with Crippen LogP contribution in [-0.4, -0.2) is 37.6 Å². The summed E-state index contributed by atoms with van der Waals surface area (Å²) in [5.41, 5.74) is 0. The van der Waals surface area contributed by atoms with Crippen molar-refractivity contribution in [3.8, 4) is 0 Å². The summed E-state index contributed by atoms with van der Waals surface area (Å²) < 4.78 is 0. The lowest BCUT2D eigenvalue weighted by atomic mass is 10.1. The Morgan fingerprint density at radius 1 is 1.00 bits per heavy atom. The molecule has 0 aliphatic rings. The number of likely N-dealkylation sites (N-methyl/N-ethyl adjacent to an activating group) is 2. The predicted molar refractivity (Wildman–Crippen MR) is 60.1 cm³/mol. The van der Waals surface area contributed by atoms with Crippen LogP contribution < -0.4 is 5.32 Å². The SMILES string of the molecule is CCC(CC)N(C)C(CC)CNC. The van der Waals surface area contributed by atoms with Gasteiger partial charge in [-0.3, -0.25) is 4.90 Å². The first kappa shape index (κ1) is 12.9. The van der Waals surface area contributed by atoms with E-state index in [2.05, 4.69) is 38.0 Å². The van der Waals surface area contributed by atoms with Crippen molar-refractivity contribution in [1.29, 1.82) is 0 Å². The van der Waals surface area contributed by atoms with Crippen LogP contribution in [-0.2, 0) is 0 Å². The summed E-state index contributed by atoms with van der Waals surface area (Å²) in [5.74, 6) is 0. The molecule has 0 heterocycles. The Hall–Kier alpha value is -0.0800. The molecule has 0 saturated heterocycles. The first-order valence-corrected chi connectivity index (χ1v) is 5.57. The van der Waals surface area contributed by atoms with Crippen molar-refractivity contribution in [2.24, 2.45) is 0 Å². The molecule has 0 saturated carbocycles. The summed E-state index contributed by atoms with van der Waals surface area (Å²) in [5, 5.41) is 3.26. The summed E-state index contributed by atoms with van der Waals surface area (Å²) in [6.45, 7) is 7.91. The maximum absolute atomic E-state index is 3.26. The van der Waals surface area contributed by atoms with E-state index in [1.807, 2.05) is 7.05 Å². The molecule has 1 unspecified atom stereocenters. The Balaban J connectivity index is 4.07. The third-order valence-electron chi connectivity index (χ3n) is 3.01. The van der Waals surface area contributed by atoms with Gasteiger partial charge in [0.25, 0.3) is 0 Å². The van der Waals surface area contributed by atoms with Gasteiger partial charge in [-0.2, -0.15) is 0 Å². The quantitative estimate of drug-likeness (QED) is 0.655. The molecule has 0 aromatic carbocycles. The topological polar surface area (TPSA) is 15.3 Å². The zero-order valence-electron chi connectivity index (χ0n) is 9.93. The summed E-state index contributed by atoms with van der Waals surface area (Å²) >= 11 is 0. The monoisotopic (exact) mass is 186 g/mol. The molecule has 0 aliphatic carbocycles. The summed E-state index contributed by atoms with van der Waals surface area (Å²) in [6.07, 6.45) is 3.74. The van der Waals surface area contributed by atoms with Crippen molar-refractivity contribution in [2.75, 3.05) is 20.6 Å². The molecule has 80 valence electrons. The lowest BCUT2D eigenvalue weighted by Crippen LogP contribution is -2.44. The average Bonchev–Trinajstić information content (AvgIpc) is 2.15. The molecule has 1 N–H and O–H groups in total. The van der Waals surface area contributed by atoms with Crippen molar-refractivity contribution < 1.29 is 0 Å². The number of hydrogen-bond donors (Lipinski definition) is 1. The summed E-state index contributed by atoms with van der Waals surface area (Å²) in [4.78, 5) is 2.52. The molecule has 0 radical (unpaired) electrons. The number of rotatable bonds is 7. The number of hydrogen-bond acceptors (Lipinski definition) is 2. The second kappa shape index (κ2) is 7.34. The third-order valence-corrected chi connectivity index (χ3v) is 3.01. The standard InChI is InChI=1S/C11H26N2/c1-6-10(7-2)13(5)11(8-3)9-12-4/h10-12H,6-9H2,1-5H3. The fourth-order valence-electron chi connectivity index (χ4n) is 1.97. The van der Waals surface area contributed by atoms with E-state index in [9.17, 15) is 0 Å². The maximum Gasteiger partial charge on any atom is 0.0217 e. The van der Waals surface area contributed by atoms with Crippen molar-refractivity contribution >= 4 is 0 Å². The van der Waals surface area contributed by atoms with Gasteiger partial charge in [0.05, 0.1) is 0 Å². The highest BCUT2D eigenvalue weighted by Gasteiger charge is 2.17. The Kier molecular flexibility index (Phi) is 7.29. The Bertz CT molecular complexity index is 111. The second-order valence-electron chi connectivity index (χ2n) is 3.76. The Morgan fingerprint density at radius 3 is 1.77 bits per heavy atom. The zero-order chi connectivity index (χ0) is 10.3. The highest BCUT2D eigenvalue weighted by molar-refractivity contribution is 4.75. The van der Waals surface area contributed by atoms with Crippen LogP contribution in [0.2, 0.25) is 0 Å². The molecule has 0 bridgehead atoms. The molecule has 1 atom stereocenters. The molecular weight excluding hydrogens is 160 g/mol. The van der Waals surface area contributed by atoms with Crippen LogP contribution in [0.3, 0.4) is 0 Å². The molecule has 0 fully saturated rings. The van der Waals surface area contributed by atoms with E-state index in [0.29, 0.717) is 6.04 Å². The van der Waals surface area contributed by atoms with Gasteiger partial charge in [0, 0.05) is 18.6 Å². The summed E-state index contributed by atoms with van der Waals surface area (Å²) in [6, 6.07) is 1.44. The van der Waals surface area contributed by atoms with E-state index in [1.165, 1.54) is 19.3 Å². The van der Waals surface area contributed by atoms with Crippen LogP contribution in [0.1, 0.15) is 40.0 Å². The van der Waals surface area contributed by atoms with E-state index >= 15 is 0 Å². The van der Waals surface area contributed by atoms with Gasteiger partial charge in [0.15, 0.2) is 0 Å². The van der Waals surface area contributed by atoms with Gasteiger partial charge in [-0.15, -0.1) is 0 Å². The first-order valence-electron chi connectivity index (χ1n) is 5.57. The molecule has 0 aromatic heterocycles. The van der Waals surface area contributed by atoms with Crippen molar-refractivity contribution in [2.45, 2.75) is 52.1 Å². The van der Waals surface area contributed by atoms with E-state index in [0.717, 1.165) is 12.6 Å². The minimum Gasteiger partial charge on any atom is -0.318 e. The van der Waals surface area contributed by atoms with E-state index in [4.69, 9.17) is 0 Å². The number of nitrogens with one attached hydrogen (secondary N) is 1. The van der Waals surface area contributed by atoms with Gasteiger partial charge in [-0.05, 0) is 33.4 Å². The fraction of sp³-hybridized carbons (Fsp3) is 1.00. The molecule has 0 spiro atoms. The molecule has 0 aromatic rings. The summed E-state index contributed by atoms with van der Waals surface area (Å²) in [7, 11) is 4.28. The van der Waals surface area contributed by atoms with Crippen LogP contribution >= 0.6 is 0 Å². The van der Waals surface area contributed by atoms with Gasteiger partial charge in [0.2, 0.25) is 0 Å². The zero-order valence-corrected chi connectivity index (χ0v) is 9.93. The molecule has 13 heavy (non-hydrogen) atoms. The van der Waals surface area contributed by atoms with Crippen LogP contribution in [0.25, 0.3) is 0 Å². The highest BCUT2D eigenvalue weighted by Crippen LogP contribution is 2.11. The van der Waals surface area contributed by atoms with Gasteiger partial charge >= 0.3 is 0 Å². The molecule has 0 rings (SSSR count). The minimum absolute atomic E-state index is 0.690. The fourth-order valence-corrected chi connectivity index (χ4v) is 1.97. The van der Waals surface area contributed by atoms with E-state index < -0.39 is 0 Å². The van der Waals surface area contributed by atoms with Crippen LogP contribution in [0, 0.1) is 0 Å². The highest BCUT2D eigenvalue weighted by atomic mass is 15.2. The average molecular weight is 186 g/mol. The van der Waals surface area contributed by atoms with Crippen molar-refractivity contribution in [3.63, 3.8) is 0 Å². The molecule has 2 heteroatoms. The first-order chi connectivity index (χ1) is 6.21. The van der Waals surface area contributed by atoms with Crippen LogP contribution in [0.5, 0.6) is 0 Å². The Morgan fingerprint density at radius 2 is 1.46 bits per heavy atom. The maximum atomic E-state index is 3.26. The molecule has 0 aliphatic heterocycles. The third kappa shape index (κ3) is 4.10. The van der Waals surface area contributed by atoms with Crippen LogP contribution in [0.4, 0.5) is 0 Å². The second-order valence-corrected chi connectivity index (χ2v) is 3.76. The number of nitrogens with zero attached hydrogens (tertiary/aromatic N) is 1.